The molecule has 0 spiro atoms. The second-order valence-corrected chi connectivity index (χ2v) is 7.84. The van der Waals surface area contributed by atoms with E-state index in [1.165, 1.54) is 25.7 Å². The first-order valence-electron chi connectivity index (χ1n) is 10.2. The molecule has 1 aliphatic carbocycles. The van der Waals surface area contributed by atoms with Crippen LogP contribution >= 0.6 is 11.8 Å². The molecule has 2 aromatic rings. The summed E-state index contributed by atoms with van der Waals surface area (Å²) < 4.78 is 4.33. The van der Waals surface area contributed by atoms with Gasteiger partial charge in [-0.1, -0.05) is 24.6 Å². The Hall–Kier alpha value is -2.03. The third kappa shape index (κ3) is 5.73. The first-order valence-corrected chi connectivity index (χ1v) is 11.4. The zero-order valence-corrected chi connectivity index (χ0v) is 17.8. The second-order valence-electron chi connectivity index (χ2n) is 7.06. The monoisotopic (exact) mass is 404 g/mol. The molecule has 9 heteroatoms. The molecule has 1 saturated carbocycles. The molecule has 2 aromatic heterocycles. The Balaban J connectivity index is 1.38. The summed E-state index contributed by atoms with van der Waals surface area (Å²) in [4.78, 5) is 4.30. The number of aliphatic imine (C=N–C) groups is 1. The van der Waals surface area contributed by atoms with Gasteiger partial charge in [-0.3, -0.25) is 9.67 Å². The summed E-state index contributed by atoms with van der Waals surface area (Å²) >= 11 is 1.70. The SMILES string of the molecule is CN=C(NCCCc1nnc(SC)n1C1CCCC1)NCCCn1cccn1. The van der Waals surface area contributed by atoms with Gasteiger partial charge in [0.15, 0.2) is 11.1 Å². The maximum Gasteiger partial charge on any atom is 0.191 e. The quantitative estimate of drug-likeness (QED) is 0.274. The molecule has 8 nitrogen and oxygen atoms in total. The van der Waals surface area contributed by atoms with Crippen LogP contribution in [-0.2, 0) is 13.0 Å². The molecule has 0 radical (unpaired) electrons. The van der Waals surface area contributed by atoms with Gasteiger partial charge in [0.1, 0.15) is 5.82 Å². The fourth-order valence-corrected chi connectivity index (χ4v) is 4.27. The van der Waals surface area contributed by atoms with Crippen molar-refractivity contribution >= 4 is 17.7 Å². The molecule has 0 unspecified atom stereocenters. The van der Waals surface area contributed by atoms with E-state index in [4.69, 9.17) is 0 Å². The third-order valence-corrected chi connectivity index (χ3v) is 5.76. The van der Waals surface area contributed by atoms with Crippen LogP contribution in [0.15, 0.2) is 28.6 Å². The fraction of sp³-hybridized carbons (Fsp3) is 0.684. The number of guanidine groups is 1. The van der Waals surface area contributed by atoms with Crippen molar-refractivity contribution in [3.63, 3.8) is 0 Å². The summed E-state index contributed by atoms with van der Waals surface area (Å²) in [6, 6.07) is 2.54. The van der Waals surface area contributed by atoms with Crippen molar-refractivity contribution in [1.82, 2.24) is 35.2 Å². The van der Waals surface area contributed by atoms with Crippen LogP contribution in [0.5, 0.6) is 0 Å². The van der Waals surface area contributed by atoms with Crippen molar-refractivity contribution in [1.29, 1.82) is 0 Å². The lowest BCUT2D eigenvalue weighted by Crippen LogP contribution is -2.38. The van der Waals surface area contributed by atoms with Gasteiger partial charge in [-0.05, 0) is 38.0 Å². The van der Waals surface area contributed by atoms with Crippen LogP contribution in [0.4, 0.5) is 0 Å². The van der Waals surface area contributed by atoms with E-state index in [0.29, 0.717) is 6.04 Å². The molecule has 0 aliphatic heterocycles. The van der Waals surface area contributed by atoms with Gasteiger partial charge >= 0.3 is 0 Å². The Morgan fingerprint density at radius 2 is 2.00 bits per heavy atom. The first-order chi connectivity index (χ1) is 13.8. The van der Waals surface area contributed by atoms with Gasteiger partial charge in [0.2, 0.25) is 0 Å². The lowest BCUT2D eigenvalue weighted by molar-refractivity contribution is 0.460. The van der Waals surface area contributed by atoms with E-state index in [1.807, 2.05) is 30.2 Å². The minimum absolute atomic E-state index is 0.588. The van der Waals surface area contributed by atoms with E-state index in [9.17, 15) is 0 Å². The highest BCUT2D eigenvalue weighted by molar-refractivity contribution is 7.98. The van der Waals surface area contributed by atoms with E-state index >= 15 is 0 Å². The summed E-state index contributed by atoms with van der Waals surface area (Å²) in [5.74, 6) is 1.97. The predicted octanol–water partition coefficient (Wildman–Crippen LogP) is 2.50. The molecule has 0 amide bonds. The molecule has 2 heterocycles. The van der Waals surface area contributed by atoms with Gasteiger partial charge in [-0.25, -0.2) is 0 Å². The fourth-order valence-electron chi connectivity index (χ4n) is 3.70. The van der Waals surface area contributed by atoms with E-state index in [1.54, 1.807) is 11.8 Å². The van der Waals surface area contributed by atoms with Gasteiger partial charge in [-0.2, -0.15) is 5.10 Å². The van der Waals surface area contributed by atoms with Crippen LogP contribution in [0.2, 0.25) is 0 Å². The van der Waals surface area contributed by atoms with E-state index in [-0.39, 0.29) is 0 Å². The van der Waals surface area contributed by atoms with Gasteiger partial charge in [0, 0.05) is 51.5 Å². The zero-order valence-electron chi connectivity index (χ0n) is 17.0. The van der Waals surface area contributed by atoms with Crippen molar-refractivity contribution in [3.8, 4) is 0 Å². The number of aromatic nitrogens is 5. The Kier molecular flexibility index (Phi) is 8.20. The normalized spacial score (nSPS) is 15.3. The Morgan fingerprint density at radius 1 is 1.21 bits per heavy atom. The topological polar surface area (TPSA) is 85.0 Å². The summed E-state index contributed by atoms with van der Waals surface area (Å²) in [6.07, 6.45) is 14.0. The number of nitrogens with zero attached hydrogens (tertiary/aromatic N) is 6. The van der Waals surface area contributed by atoms with Crippen LogP contribution < -0.4 is 10.6 Å². The van der Waals surface area contributed by atoms with Crippen LogP contribution in [0, 0.1) is 0 Å². The molecule has 1 aliphatic rings. The van der Waals surface area contributed by atoms with Crippen molar-refractivity contribution in [2.75, 3.05) is 26.4 Å². The highest BCUT2D eigenvalue weighted by Crippen LogP contribution is 2.33. The number of rotatable bonds is 10. The Bertz CT molecular complexity index is 718. The number of hydrogen-bond acceptors (Lipinski definition) is 5. The molecule has 154 valence electrons. The first kappa shape index (κ1) is 20.7. The molecular formula is C19H32N8S. The van der Waals surface area contributed by atoms with E-state index in [0.717, 1.165) is 55.8 Å². The van der Waals surface area contributed by atoms with Crippen molar-refractivity contribution in [2.24, 2.45) is 4.99 Å². The van der Waals surface area contributed by atoms with E-state index in [2.05, 4.69) is 41.7 Å². The smallest absolute Gasteiger partial charge is 0.191 e. The lowest BCUT2D eigenvalue weighted by atomic mass is 10.2. The molecule has 28 heavy (non-hydrogen) atoms. The van der Waals surface area contributed by atoms with Crippen LogP contribution in [0.3, 0.4) is 0 Å². The van der Waals surface area contributed by atoms with E-state index < -0.39 is 0 Å². The van der Waals surface area contributed by atoms with Crippen LogP contribution in [0.1, 0.15) is 50.4 Å². The summed E-state index contributed by atoms with van der Waals surface area (Å²) in [5, 5.41) is 20.9. The minimum atomic E-state index is 0.588. The average molecular weight is 405 g/mol. The number of hydrogen-bond donors (Lipinski definition) is 2. The molecular weight excluding hydrogens is 372 g/mol. The second kappa shape index (κ2) is 11.1. The maximum atomic E-state index is 4.46. The molecule has 0 bridgehead atoms. The highest BCUT2D eigenvalue weighted by Gasteiger charge is 2.23. The molecule has 0 atom stereocenters. The summed E-state index contributed by atoms with van der Waals surface area (Å²) in [6.45, 7) is 2.64. The van der Waals surface area contributed by atoms with Gasteiger partial charge in [0.05, 0.1) is 0 Å². The van der Waals surface area contributed by atoms with Crippen molar-refractivity contribution in [3.05, 3.63) is 24.3 Å². The third-order valence-electron chi connectivity index (χ3n) is 5.12. The zero-order chi connectivity index (χ0) is 19.6. The van der Waals surface area contributed by atoms with Gasteiger partial charge < -0.3 is 15.2 Å². The van der Waals surface area contributed by atoms with Crippen LogP contribution in [0.25, 0.3) is 0 Å². The number of nitrogens with one attached hydrogen (secondary N) is 2. The number of thioether (sulfide) groups is 1. The van der Waals surface area contributed by atoms with Crippen molar-refractivity contribution in [2.45, 2.75) is 62.7 Å². The van der Waals surface area contributed by atoms with Gasteiger partial charge in [-0.15, -0.1) is 10.2 Å². The van der Waals surface area contributed by atoms with Gasteiger partial charge in [0.25, 0.3) is 0 Å². The average Bonchev–Trinajstić information content (AvgIpc) is 3.47. The maximum absolute atomic E-state index is 4.46. The molecule has 1 fully saturated rings. The standard InChI is InChI=1S/C19H32N8S/c1-20-18(22-12-6-14-26-15-7-13-23-26)21-11-5-10-17-24-25-19(28-2)27(17)16-8-3-4-9-16/h7,13,15-16H,3-6,8-12,14H2,1-2H3,(H2,20,21,22). The van der Waals surface area contributed by atoms with Crippen LogP contribution in [-0.4, -0.2) is 56.9 Å². The molecule has 3 rings (SSSR count). The highest BCUT2D eigenvalue weighted by atomic mass is 32.2. The molecule has 0 saturated heterocycles. The predicted molar refractivity (Wildman–Crippen MR) is 114 cm³/mol. The largest absolute Gasteiger partial charge is 0.356 e. The Morgan fingerprint density at radius 3 is 2.68 bits per heavy atom. The molecule has 2 N–H and O–H groups in total. The summed E-state index contributed by atoms with van der Waals surface area (Å²) in [5.41, 5.74) is 0. The summed E-state index contributed by atoms with van der Waals surface area (Å²) in [7, 11) is 1.81. The number of aryl methyl sites for hydroxylation is 2. The molecule has 0 aromatic carbocycles. The minimum Gasteiger partial charge on any atom is -0.356 e. The lowest BCUT2D eigenvalue weighted by Gasteiger charge is -2.16. The van der Waals surface area contributed by atoms with Crippen molar-refractivity contribution < 1.29 is 0 Å². The Labute approximate surface area is 171 Å².